The number of ether oxygens (including phenoxy) is 2. The highest BCUT2D eigenvalue weighted by atomic mass is 32.2. The topological polar surface area (TPSA) is 90.0 Å². The summed E-state index contributed by atoms with van der Waals surface area (Å²) >= 11 is 0. The minimum atomic E-state index is -3.93. The largest absolute Gasteiger partial charge is 0.497 e. The second-order valence-corrected chi connectivity index (χ2v) is 10.2. The smallest absolute Gasteiger partial charge is 0.247 e. The molecule has 9 heteroatoms. The van der Waals surface area contributed by atoms with Gasteiger partial charge in [0, 0.05) is 18.2 Å². The van der Waals surface area contributed by atoms with Gasteiger partial charge in [-0.05, 0) is 31.9 Å². The highest BCUT2D eigenvalue weighted by molar-refractivity contribution is 7.92. The van der Waals surface area contributed by atoms with Crippen LogP contribution in [0.3, 0.4) is 0 Å². The molecule has 2 rings (SSSR count). The first-order valence-electron chi connectivity index (χ1n) is 8.12. The summed E-state index contributed by atoms with van der Waals surface area (Å²) in [4.78, 5) is 0.0143. The summed E-state index contributed by atoms with van der Waals surface area (Å²) in [5.74, 6) is 0.525. The molecule has 0 spiro atoms. The van der Waals surface area contributed by atoms with Crippen molar-refractivity contribution >= 4 is 19.9 Å². The van der Waals surface area contributed by atoms with Crippen molar-refractivity contribution in [3.05, 3.63) is 18.2 Å². The van der Waals surface area contributed by atoms with E-state index in [4.69, 9.17) is 9.47 Å². The number of sulfone groups is 1. The molecule has 0 saturated carbocycles. The zero-order chi connectivity index (χ0) is 18.8. The lowest BCUT2D eigenvalue weighted by Gasteiger charge is -2.32. The van der Waals surface area contributed by atoms with Crippen molar-refractivity contribution in [2.75, 3.05) is 25.7 Å². The van der Waals surface area contributed by atoms with Crippen molar-refractivity contribution in [1.29, 1.82) is 0 Å². The SMILES string of the molecule is CC[C@@H](C)N([C@@H]1CCS(=O)(=O)C1)S(=O)(=O)c1ccc(OC)cc1OC. The van der Waals surface area contributed by atoms with Crippen LogP contribution in [0, 0.1) is 0 Å². The molecular formula is C16H25NO6S2. The minimum absolute atomic E-state index is 0.0138. The van der Waals surface area contributed by atoms with E-state index in [0.29, 0.717) is 18.6 Å². The van der Waals surface area contributed by atoms with Gasteiger partial charge >= 0.3 is 0 Å². The predicted molar refractivity (Wildman–Crippen MR) is 95.4 cm³/mol. The average molecular weight is 392 g/mol. The first-order chi connectivity index (χ1) is 11.7. The fourth-order valence-electron chi connectivity index (χ4n) is 3.05. The maximum atomic E-state index is 13.3. The Bertz CT molecular complexity index is 819. The van der Waals surface area contributed by atoms with Gasteiger partial charge in [0.2, 0.25) is 10.0 Å². The van der Waals surface area contributed by atoms with Crippen LogP contribution in [0.25, 0.3) is 0 Å². The molecule has 1 aliphatic heterocycles. The molecule has 1 aliphatic rings. The van der Waals surface area contributed by atoms with Crippen LogP contribution < -0.4 is 9.47 Å². The van der Waals surface area contributed by atoms with Gasteiger partial charge in [0.25, 0.3) is 0 Å². The second kappa shape index (κ2) is 7.51. The monoisotopic (exact) mass is 391 g/mol. The zero-order valence-corrected chi connectivity index (χ0v) is 16.6. The third-order valence-electron chi connectivity index (χ3n) is 4.52. The second-order valence-electron chi connectivity index (χ2n) is 6.17. The fraction of sp³-hybridized carbons (Fsp3) is 0.625. The summed E-state index contributed by atoms with van der Waals surface area (Å²) in [5, 5.41) is 0. The molecular weight excluding hydrogens is 366 g/mol. The van der Waals surface area contributed by atoms with E-state index in [1.807, 2.05) is 6.92 Å². The Kier molecular flexibility index (Phi) is 6.01. The van der Waals surface area contributed by atoms with Gasteiger partial charge in [-0.15, -0.1) is 0 Å². The van der Waals surface area contributed by atoms with Gasteiger partial charge in [0.15, 0.2) is 9.84 Å². The summed E-state index contributed by atoms with van der Waals surface area (Å²) in [5.41, 5.74) is 0. The van der Waals surface area contributed by atoms with Gasteiger partial charge in [0.05, 0.1) is 25.7 Å². The molecule has 0 aromatic heterocycles. The van der Waals surface area contributed by atoms with E-state index in [2.05, 4.69) is 0 Å². The summed E-state index contributed by atoms with van der Waals surface area (Å²) in [6, 6.07) is 3.61. The van der Waals surface area contributed by atoms with Crippen LogP contribution in [-0.2, 0) is 19.9 Å². The molecule has 0 bridgehead atoms. The van der Waals surface area contributed by atoms with Crippen molar-refractivity contribution in [2.24, 2.45) is 0 Å². The molecule has 1 fully saturated rings. The quantitative estimate of drug-likeness (QED) is 0.702. The number of rotatable bonds is 7. The number of nitrogens with zero attached hydrogens (tertiary/aromatic N) is 1. The summed E-state index contributed by atoms with van der Waals surface area (Å²) < 4.78 is 62.1. The molecule has 0 radical (unpaired) electrons. The van der Waals surface area contributed by atoms with Crippen LogP contribution in [0.15, 0.2) is 23.1 Å². The Labute approximate surface area is 149 Å². The lowest BCUT2D eigenvalue weighted by Crippen LogP contribution is -2.46. The highest BCUT2D eigenvalue weighted by Crippen LogP contribution is 2.34. The molecule has 25 heavy (non-hydrogen) atoms. The predicted octanol–water partition coefficient (Wildman–Crippen LogP) is 1.68. The van der Waals surface area contributed by atoms with Crippen molar-refractivity contribution in [3.63, 3.8) is 0 Å². The molecule has 2 atom stereocenters. The molecule has 1 aromatic rings. The van der Waals surface area contributed by atoms with Crippen molar-refractivity contribution in [3.8, 4) is 11.5 Å². The van der Waals surface area contributed by atoms with Crippen LogP contribution in [0.4, 0.5) is 0 Å². The average Bonchev–Trinajstić information content (AvgIpc) is 2.93. The van der Waals surface area contributed by atoms with E-state index in [0.717, 1.165) is 0 Å². The number of hydrogen-bond donors (Lipinski definition) is 0. The number of hydrogen-bond acceptors (Lipinski definition) is 6. The fourth-order valence-corrected chi connectivity index (χ4v) is 6.92. The molecule has 0 N–H and O–H groups in total. The van der Waals surface area contributed by atoms with Gasteiger partial charge < -0.3 is 9.47 Å². The lowest BCUT2D eigenvalue weighted by molar-refractivity contribution is 0.270. The lowest BCUT2D eigenvalue weighted by atomic mass is 10.2. The summed E-state index contributed by atoms with van der Waals surface area (Å²) in [7, 11) is -4.26. The van der Waals surface area contributed by atoms with Gasteiger partial charge in [-0.2, -0.15) is 4.31 Å². The van der Waals surface area contributed by atoms with Crippen molar-refractivity contribution in [1.82, 2.24) is 4.31 Å². The van der Waals surface area contributed by atoms with E-state index in [1.54, 1.807) is 13.0 Å². The van der Waals surface area contributed by atoms with E-state index in [9.17, 15) is 16.8 Å². The zero-order valence-electron chi connectivity index (χ0n) is 14.9. The number of benzene rings is 1. The molecule has 7 nitrogen and oxygen atoms in total. The Hall–Kier alpha value is -1.32. The maximum absolute atomic E-state index is 13.3. The third kappa shape index (κ3) is 4.09. The van der Waals surface area contributed by atoms with Gasteiger partial charge in [-0.25, -0.2) is 16.8 Å². The molecule has 1 aromatic carbocycles. The first-order valence-corrected chi connectivity index (χ1v) is 11.4. The Morgan fingerprint density at radius 3 is 2.44 bits per heavy atom. The normalized spacial score (nSPS) is 21.2. The molecule has 1 heterocycles. The summed E-state index contributed by atoms with van der Waals surface area (Å²) in [6.45, 7) is 3.67. The van der Waals surface area contributed by atoms with Crippen LogP contribution >= 0.6 is 0 Å². The minimum Gasteiger partial charge on any atom is -0.497 e. The van der Waals surface area contributed by atoms with Crippen LogP contribution in [0.2, 0.25) is 0 Å². The van der Waals surface area contributed by atoms with E-state index >= 15 is 0 Å². The van der Waals surface area contributed by atoms with Crippen molar-refractivity contribution < 1.29 is 26.3 Å². The standard InChI is InChI=1S/C16H25NO6S2/c1-5-12(2)17(13-8-9-24(18,19)11-13)25(20,21)16-7-6-14(22-3)10-15(16)23-4/h6-7,10,12-13H,5,8-9,11H2,1-4H3/t12-,13-/m1/s1. The van der Waals surface area contributed by atoms with E-state index < -0.39 is 25.9 Å². The van der Waals surface area contributed by atoms with Gasteiger partial charge in [0.1, 0.15) is 16.4 Å². The number of methoxy groups -OCH3 is 2. The van der Waals surface area contributed by atoms with Crippen LogP contribution in [0.1, 0.15) is 26.7 Å². The first kappa shape index (κ1) is 20.0. The molecule has 142 valence electrons. The Morgan fingerprint density at radius 1 is 1.28 bits per heavy atom. The van der Waals surface area contributed by atoms with Gasteiger partial charge in [-0.1, -0.05) is 6.92 Å². The molecule has 1 saturated heterocycles. The van der Waals surface area contributed by atoms with E-state index in [-0.39, 0.29) is 28.2 Å². The van der Waals surface area contributed by atoms with Crippen LogP contribution in [-0.4, -0.2) is 58.9 Å². The van der Waals surface area contributed by atoms with Gasteiger partial charge in [-0.3, -0.25) is 0 Å². The molecule has 0 unspecified atom stereocenters. The number of sulfonamides is 1. The Balaban J connectivity index is 2.53. The Morgan fingerprint density at radius 2 is 1.96 bits per heavy atom. The third-order valence-corrected chi connectivity index (χ3v) is 8.38. The molecule has 0 aliphatic carbocycles. The summed E-state index contributed by atoms with van der Waals surface area (Å²) in [6.07, 6.45) is 0.888. The van der Waals surface area contributed by atoms with E-state index in [1.165, 1.54) is 30.7 Å². The van der Waals surface area contributed by atoms with Crippen molar-refractivity contribution in [2.45, 2.75) is 43.7 Å². The highest BCUT2D eigenvalue weighted by Gasteiger charge is 2.41. The maximum Gasteiger partial charge on any atom is 0.247 e. The molecule has 0 amide bonds. The van der Waals surface area contributed by atoms with Crippen LogP contribution in [0.5, 0.6) is 11.5 Å².